The Kier molecular flexibility index (Phi) is 3.33. The maximum absolute atomic E-state index is 6.26. The van der Waals surface area contributed by atoms with E-state index in [0.717, 1.165) is 18.3 Å². The highest BCUT2D eigenvalue weighted by atomic mass is 15.3. The lowest BCUT2D eigenvalue weighted by Gasteiger charge is -2.36. The van der Waals surface area contributed by atoms with Crippen molar-refractivity contribution in [1.29, 1.82) is 0 Å². The lowest BCUT2D eigenvalue weighted by molar-refractivity contribution is 0.227. The second kappa shape index (κ2) is 4.58. The third-order valence-electron chi connectivity index (χ3n) is 4.13. The Hall–Kier alpha value is -0.830. The van der Waals surface area contributed by atoms with Crippen molar-refractivity contribution in [2.45, 2.75) is 45.1 Å². The van der Waals surface area contributed by atoms with E-state index in [4.69, 9.17) is 5.73 Å². The first kappa shape index (κ1) is 11.6. The average molecular weight is 221 g/mol. The van der Waals surface area contributed by atoms with Crippen molar-refractivity contribution in [3.8, 4) is 0 Å². The summed E-state index contributed by atoms with van der Waals surface area (Å²) in [6.45, 7) is 4.64. The topological polar surface area (TPSA) is 43.8 Å². The molecule has 0 radical (unpaired) electrons. The van der Waals surface area contributed by atoms with Crippen LogP contribution in [0.1, 0.15) is 44.7 Å². The van der Waals surface area contributed by atoms with Crippen LogP contribution in [0.5, 0.6) is 0 Å². The fraction of sp³-hybridized carbons (Fsp3) is 0.769. The maximum atomic E-state index is 6.26. The molecule has 1 aliphatic rings. The van der Waals surface area contributed by atoms with Crippen LogP contribution in [0, 0.1) is 11.8 Å². The second-order valence-electron chi connectivity index (χ2n) is 5.47. The van der Waals surface area contributed by atoms with Gasteiger partial charge in [0.2, 0.25) is 0 Å². The van der Waals surface area contributed by atoms with Crippen molar-refractivity contribution in [2.24, 2.45) is 24.6 Å². The van der Waals surface area contributed by atoms with E-state index in [0.29, 0.717) is 12.0 Å². The molecule has 0 aliphatic heterocycles. The molecule has 2 rings (SSSR count). The molecule has 0 aromatic carbocycles. The molecule has 90 valence electrons. The van der Waals surface area contributed by atoms with Crippen molar-refractivity contribution in [3.63, 3.8) is 0 Å². The Morgan fingerprint density at radius 3 is 2.75 bits per heavy atom. The van der Waals surface area contributed by atoms with Gasteiger partial charge in [-0.15, -0.1) is 0 Å². The largest absolute Gasteiger partial charge is 0.327 e. The average Bonchev–Trinajstić information content (AvgIpc) is 2.65. The van der Waals surface area contributed by atoms with Crippen LogP contribution in [0.15, 0.2) is 12.3 Å². The van der Waals surface area contributed by atoms with Gasteiger partial charge in [0, 0.05) is 30.9 Å². The zero-order valence-electron chi connectivity index (χ0n) is 10.6. The van der Waals surface area contributed by atoms with Crippen LogP contribution in [0.2, 0.25) is 0 Å². The minimum atomic E-state index is 0.311. The van der Waals surface area contributed by atoms with Crippen LogP contribution in [-0.4, -0.2) is 15.8 Å². The van der Waals surface area contributed by atoms with Crippen molar-refractivity contribution in [1.82, 2.24) is 9.78 Å². The molecule has 1 aromatic rings. The highest BCUT2D eigenvalue weighted by Gasteiger charge is 2.31. The first-order valence-electron chi connectivity index (χ1n) is 6.33. The maximum Gasteiger partial charge on any atom is 0.0492 e. The van der Waals surface area contributed by atoms with E-state index in [1.54, 1.807) is 0 Å². The van der Waals surface area contributed by atoms with Crippen molar-refractivity contribution in [3.05, 3.63) is 18.0 Å². The van der Waals surface area contributed by atoms with E-state index in [-0.39, 0.29) is 0 Å². The molecule has 1 heterocycles. The first-order chi connectivity index (χ1) is 7.59. The Morgan fingerprint density at radius 2 is 2.19 bits per heavy atom. The standard InChI is InChI=1S/C13H23N3/c1-9(2)10-4-5-12(14)11(8-10)13-6-7-15-16(13)3/h6-7,9-12H,4-5,8,14H2,1-3H3. The Morgan fingerprint density at radius 1 is 1.44 bits per heavy atom. The Balaban J connectivity index is 2.16. The number of nitrogens with two attached hydrogens (primary N) is 1. The Labute approximate surface area is 98.0 Å². The smallest absolute Gasteiger partial charge is 0.0492 e. The summed E-state index contributed by atoms with van der Waals surface area (Å²) in [6, 6.07) is 2.43. The molecule has 1 fully saturated rings. The van der Waals surface area contributed by atoms with Gasteiger partial charge >= 0.3 is 0 Å². The monoisotopic (exact) mass is 221 g/mol. The molecule has 1 aliphatic carbocycles. The normalized spacial score (nSPS) is 30.9. The van der Waals surface area contributed by atoms with E-state index < -0.39 is 0 Å². The van der Waals surface area contributed by atoms with Crippen LogP contribution < -0.4 is 5.73 Å². The van der Waals surface area contributed by atoms with E-state index in [9.17, 15) is 0 Å². The van der Waals surface area contributed by atoms with Crippen molar-refractivity contribution in [2.75, 3.05) is 0 Å². The summed E-state index contributed by atoms with van der Waals surface area (Å²) in [6.07, 6.45) is 5.53. The van der Waals surface area contributed by atoms with E-state index in [2.05, 4.69) is 25.0 Å². The van der Waals surface area contributed by atoms with Crippen molar-refractivity contribution >= 4 is 0 Å². The van der Waals surface area contributed by atoms with Crippen molar-refractivity contribution < 1.29 is 0 Å². The van der Waals surface area contributed by atoms with Gasteiger partial charge in [0.25, 0.3) is 0 Å². The minimum Gasteiger partial charge on any atom is -0.327 e. The molecule has 0 spiro atoms. The summed E-state index contributed by atoms with van der Waals surface area (Å²) >= 11 is 0. The first-order valence-corrected chi connectivity index (χ1v) is 6.33. The van der Waals surface area contributed by atoms with Crippen LogP contribution in [-0.2, 0) is 7.05 Å². The van der Waals surface area contributed by atoms with Gasteiger partial charge in [-0.05, 0) is 37.2 Å². The summed E-state index contributed by atoms with van der Waals surface area (Å²) in [5.41, 5.74) is 7.56. The molecule has 2 N–H and O–H groups in total. The fourth-order valence-electron chi connectivity index (χ4n) is 2.92. The predicted octanol–water partition coefficient (Wildman–Crippen LogP) is 2.29. The molecule has 1 aromatic heterocycles. The second-order valence-corrected chi connectivity index (χ2v) is 5.47. The van der Waals surface area contributed by atoms with Gasteiger partial charge < -0.3 is 5.73 Å². The molecule has 0 amide bonds. The Bertz CT molecular complexity index is 343. The van der Waals surface area contributed by atoms with E-state index in [1.807, 2.05) is 17.9 Å². The zero-order chi connectivity index (χ0) is 11.7. The van der Waals surface area contributed by atoms with Gasteiger partial charge in [-0.2, -0.15) is 5.10 Å². The highest BCUT2D eigenvalue weighted by Crippen LogP contribution is 2.38. The highest BCUT2D eigenvalue weighted by molar-refractivity contribution is 5.12. The third kappa shape index (κ3) is 2.14. The van der Waals surface area contributed by atoms with Gasteiger partial charge in [0.1, 0.15) is 0 Å². The molecule has 16 heavy (non-hydrogen) atoms. The van der Waals surface area contributed by atoms with Gasteiger partial charge in [-0.3, -0.25) is 4.68 Å². The summed E-state index contributed by atoms with van der Waals surface area (Å²) in [7, 11) is 2.01. The number of rotatable bonds is 2. The van der Waals surface area contributed by atoms with Crippen LogP contribution in [0.3, 0.4) is 0 Å². The summed E-state index contributed by atoms with van der Waals surface area (Å²) < 4.78 is 1.98. The number of hydrogen-bond donors (Lipinski definition) is 1. The van der Waals surface area contributed by atoms with E-state index >= 15 is 0 Å². The summed E-state index contributed by atoms with van der Waals surface area (Å²) in [5.74, 6) is 2.08. The van der Waals surface area contributed by atoms with Crippen LogP contribution in [0.25, 0.3) is 0 Å². The molecular weight excluding hydrogens is 198 g/mol. The van der Waals surface area contributed by atoms with E-state index in [1.165, 1.54) is 18.5 Å². The summed E-state index contributed by atoms with van der Waals surface area (Å²) in [5, 5.41) is 4.26. The molecule has 0 bridgehead atoms. The number of nitrogens with zero attached hydrogens (tertiary/aromatic N) is 2. The van der Waals surface area contributed by atoms with Crippen LogP contribution >= 0.6 is 0 Å². The predicted molar refractivity (Wildman–Crippen MR) is 66.1 cm³/mol. The molecule has 3 heteroatoms. The molecular formula is C13H23N3. The van der Waals surface area contributed by atoms with Crippen LogP contribution in [0.4, 0.5) is 0 Å². The summed E-state index contributed by atoms with van der Waals surface area (Å²) in [4.78, 5) is 0. The minimum absolute atomic E-state index is 0.311. The molecule has 3 unspecified atom stereocenters. The number of aromatic nitrogens is 2. The lowest BCUT2D eigenvalue weighted by atomic mass is 9.73. The molecule has 3 nitrogen and oxygen atoms in total. The lowest BCUT2D eigenvalue weighted by Crippen LogP contribution is -2.36. The molecule has 0 saturated heterocycles. The van der Waals surface area contributed by atoms with Gasteiger partial charge in [0.15, 0.2) is 0 Å². The third-order valence-corrected chi connectivity index (χ3v) is 4.13. The zero-order valence-corrected chi connectivity index (χ0v) is 10.6. The number of hydrogen-bond acceptors (Lipinski definition) is 2. The van der Waals surface area contributed by atoms with Gasteiger partial charge in [0.05, 0.1) is 0 Å². The van der Waals surface area contributed by atoms with Gasteiger partial charge in [-0.1, -0.05) is 13.8 Å². The fourth-order valence-corrected chi connectivity index (χ4v) is 2.92. The molecule has 1 saturated carbocycles. The molecule has 3 atom stereocenters. The van der Waals surface area contributed by atoms with Gasteiger partial charge in [-0.25, -0.2) is 0 Å². The quantitative estimate of drug-likeness (QED) is 0.832. The number of aryl methyl sites for hydroxylation is 1. The SMILES string of the molecule is CC(C)C1CCC(N)C(c2ccnn2C)C1.